The first-order chi connectivity index (χ1) is 13.7. The van der Waals surface area contributed by atoms with Crippen molar-refractivity contribution in [2.45, 2.75) is 58.2 Å². The van der Waals surface area contributed by atoms with E-state index < -0.39 is 18.3 Å². The van der Waals surface area contributed by atoms with E-state index in [2.05, 4.69) is 32.7 Å². The number of carbonyl (C=O) groups is 1. The molecule has 29 heavy (non-hydrogen) atoms. The lowest BCUT2D eigenvalue weighted by Gasteiger charge is -2.32. The van der Waals surface area contributed by atoms with Crippen molar-refractivity contribution in [1.82, 2.24) is 4.98 Å². The molecule has 0 radical (unpaired) electrons. The van der Waals surface area contributed by atoms with E-state index in [4.69, 9.17) is 20.9 Å². The van der Waals surface area contributed by atoms with E-state index in [0.717, 1.165) is 53.3 Å². The molecule has 0 spiro atoms. The fourth-order valence-electron chi connectivity index (χ4n) is 4.04. The largest absolute Gasteiger partial charge is 0.495 e. The fraction of sp³-hybridized carbons (Fsp3) is 0.391. The first-order valence-electron chi connectivity index (χ1n) is 10.0. The maximum absolute atomic E-state index is 11.3. The Bertz CT molecular complexity index is 983. The molecular formula is C23H25BClNO3. The molecule has 0 amide bonds. The monoisotopic (exact) mass is 409 g/mol. The summed E-state index contributed by atoms with van der Waals surface area (Å²) in [5.41, 5.74) is 5.06. The number of benzene rings is 1. The Hall–Kier alpha value is -1.95. The van der Waals surface area contributed by atoms with Gasteiger partial charge in [0.1, 0.15) is 6.29 Å². The highest BCUT2D eigenvalue weighted by atomic mass is 35.5. The van der Waals surface area contributed by atoms with Gasteiger partial charge in [-0.2, -0.15) is 0 Å². The molecule has 1 aromatic heterocycles. The van der Waals surface area contributed by atoms with E-state index in [1.54, 1.807) is 12.4 Å². The highest BCUT2D eigenvalue weighted by molar-refractivity contribution is 6.71. The smallest absolute Gasteiger partial charge is 0.399 e. The quantitative estimate of drug-likeness (QED) is 0.501. The number of aryl methyl sites for hydroxylation is 1. The average Bonchev–Trinajstić information content (AvgIpc) is 2.81. The average molecular weight is 410 g/mol. The summed E-state index contributed by atoms with van der Waals surface area (Å²) in [5.74, 6) is 0. The predicted molar refractivity (Wildman–Crippen MR) is 117 cm³/mol. The zero-order valence-electron chi connectivity index (χ0n) is 17.3. The van der Waals surface area contributed by atoms with Crippen LogP contribution in [-0.4, -0.2) is 29.6 Å². The highest BCUT2D eigenvalue weighted by Crippen LogP contribution is 2.46. The zero-order valence-corrected chi connectivity index (χ0v) is 18.0. The maximum Gasteiger partial charge on any atom is 0.495 e. The van der Waals surface area contributed by atoms with Crippen LogP contribution in [0, 0.1) is 0 Å². The standard InChI is InChI=1S/C23H25BClNO3/c1-22(2)23(3,4)29-24(28-22)21-17-9-8-15(14-27)12-16(17)6-5-7-19(21)18-10-11-26-13-20(18)25/h8-14H,5-7H2,1-4H3. The number of rotatable bonds is 3. The summed E-state index contributed by atoms with van der Waals surface area (Å²) in [7, 11) is -0.516. The number of nitrogens with zero attached hydrogens (tertiary/aromatic N) is 1. The van der Waals surface area contributed by atoms with Gasteiger partial charge >= 0.3 is 7.12 Å². The molecule has 0 unspecified atom stereocenters. The molecule has 0 bridgehead atoms. The SMILES string of the molecule is CC1(C)OB(C2=C(c3ccncc3Cl)CCCc3cc(C=O)ccc32)OC1(C)C. The normalized spacial score (nSPS) is 20.4. The second-order valence-electron chi connectivity index (χ2n) is 8.72. The van der Waals surface area contributed by atoms with Gasteiger partial charge in [0.25, 0.3) is 0 Å². The van der Waals surface area contributed by atoms with Crippen molar-refractivity contribution in [2.75, 3.05) is 0 Å². The molecule has 2 aromatic rings. The first-order valence-corrected chi connectivity index (χ1v) is 10.4. The molecule has 2 heterocycles. The van der Waals surface area contributed by atoms with E-state index in [1.807, 2.05) is 24.3 Å². The van der Waals surface area contributed by atoms with Gasteiger partial charge in [-0.15, -0.1) is 0 Å². The van der Waals surface area contributed by atoms with Gasteiger partial charge in [0, 0.05) is 18.0 Å². The molecule has 1 fully saturated rings. The van der Waals surface area contributed by atoms with Gasteiger partial charge in [-0.1, -0.05) is 23.7 Å². The van der Waals surface area contributed by atoms with Crippen molar-refractivity contribution in [2.24, 2.45) is 0 Å². The van der Waals surface area contributed by atoms with Gasteiger partial charge in [0.15, 0.2) is 0 Å². The Morgan fingerprint density at radius 3 is 2.45 bits per heavy atom. The number of halogens is 1. The summed E-state index contributed by atoms with van der Waals surface area (Å²) >= 11 is 6.55. The van der Waals surface area contributed by atoms with E-state index in [1.165, 1.54) is 0 Å². The van der Waals surface area contributed by atoms with Gasteiger partial charge in [-0.3, -0.25) is 9.78 Å². The lowest BCUT2D eigenvalue weighted by Crippen LogP contribution is -2.41. The minimum atomic E-state index is -0.516. The molecule has 1 aliphatic carbocycles. The van der Waals surface area contributed by atoms with Gasteiger partial charge in [0.2, 0.25) is 0 Å². The summed E-state index contributed by atoms with van der Waals surface area (Å²) in [6.07, 6.45) is 7.00. The second kappa shape index (κ2) is 7.39. The number of aldehydes is 1. The topological polar surface area (TPSA) is 48.4 Å². The Balaban J connectivity index is 1.96. The lowest BCUT2D eigenvalue weighted by atomic mass is 9.69. The number of hydrogen-bond acceptors (Lipinski definition) is 4. The van der Waals surface area contributed by atoms with E-state index in [-0.39, 0.29) is 0 Å². The minimum absolute atomic E-state index is 0.451. The van der Waals surface area contributed by atoms with E-state index in [9.17, 15) is 4.79 Å². The Morgan fingerprint density at radius 1 is 1.07 bits per heavy atom. The van der Waals surface area contributed by atoms with Crippen LogP contribution >= 0.6 is 11.6 Å². The number of pyridine rings is 1. The van der Waals surface area contributed by atoms with Crippen LogP contribution in [-0.2, 0) is 15.7 Å². The number of aromatic nitrogens is 1. The molecule has 0 saturated carbocycles. The van der Waals surface area contributed by atoms with Gasteiger partial charge < -0.3 is 9.31 Å². The summed E-state index contributed by atoms with van der Waals surface area (Å²) in [6.45, 7) is 8.22. The van der Waals surface area contributed by atoms with Gasteiger partial charge in [-0.25, -0.2) is 0 Å². The Morgan fingerprint density at radius 2 is 1.79 bits per heavy atom. The van der Waals surface area contributed by atoms with Crippen LogP contribution in [0.3, 0.4) is 0 Å². The zero-order chi connectivity index (χ0) is 20.8. The van der Waals surface area contributed by atoms with Crippen LogP contribution in [0.5, 0.6) is 0 Å². The van der Waals surface area contributed by atoms with Crippen LogP contribution in [0.15, 0.2) is 36.7 Å². The second-order valence-corrected chi connectivity index (χ2v) is 9.13. The third-order valence-electron chi connectivity index (χ3n) is 6.34. The van der Waals surface area contributed by atoms with Crippen LogP contribution in [0.2, 0.25) is 5.02 Å². The third kappa shape index (κ3) is 3.56. The van der Waals surface area contributed by atoms with Crippen LogP contribution < -0.4 is 0 Å². The van der Waals surface area contributed by atoms with Crippen molar-refractivity contribution in [3.8, 4) is 0 Å². The number of allylic oxidation sites excluding steroid dienone is 1. The summed E-state index contributed by atoms with van der Waals surface area (Å²) in [6, 6.07) is 7.80. The lowest BCUT2D eigenvalue weighted by molar-refractivity contribution is 0.00578. The van der Waals surface area contributed by atoms with Crippen LogP contribution in [0.1, 0.15) is 67.6 Å². The maximum atomic E-state index is 11.3. The molecule has 0 N–H and O–H groups in total. The van der Waals surface area contributed by atoms with E-state index in [0.29, 0.717) is 10.6 Å². The fourth-order valence-corrected chi connectivity index (χ4v) is 4.27. The summed E-state index contributed by atoms with van der Waals surface area (Å²) in [5, 5.41) is 0.615. The van der Waals surface area contributed by atoms with E-state index >= 15 is 0 Å². The summed E-state index contributed by atoms with van der Waals surface area (Å²) in [4.78, 5) is 15.5. The van der Waals surface area contributed by atoms with Gasteiger partial charge in [-0.05, 0) is 86.8 Å². The summed E-state index contributed by atoms with van der Waals surface area (Å²) < 4.78 is 12.9. The minimum Gasteiger partial charge on any atom is -0.399 e. The third-order valence-corrected chi connectivity index (χ3v) is 6.64. The molecule has 2 aliphatic rings. The van der Waals surface area contributed by atoms with Crippen molar-refractivity contribution in [3.05, 3.63) is 63.9 Å². The molecule has 1 saturated heterocycles. The Kier molecular flexibility index (Phi) is 5.18. The van der Waals surface area contributed by atoms with Crippen molar-refractivity contribution in [1.29, 1.82) is 0 Å². The van der Waals surface area contributed by atoms with Crippen LogP contribution in [0.4, 0.5) is 0 Å². The first kappa shape index (κ1) is 20.3. The van der Waals surface area contributed by atoms with Crippen LogP contribution in [0.25, 0.3) is 11.0 Å². The molecule has 4 nitrogen and oxygen atoms in total. The number of fused-ring (bicyclic) bond motifs is 1. The molecule has 1 aliphatic heterocycles. The molecular weight excluding hydrogens is 385 g/mol. The van der Waals surface area contributed by atoms with Crippen molar-refractivity contribution in [3.63, 3.8) is 0 Å². The predicted octanol–water partition coefficient (Wildman–Crippen LogP) is 5.43. The molecule has 1 aromatic carbocycles. The molecule has 6 heteroatoms. The number of carbonyl (C=O) groups excluding carboxylic acids is 1. The highest BCUT2D eigenvalue weighted by Gasteiger charge is 2.53. The Labute approximate surface area is 177 Å². The number of hydrogen-bond donors (Lipinski definition) is 0. The van der Waals surface area contributed by atoms with Crippen molar-refractivity contribution < 1.29 is 14.1 Å². The molecule has 150 valence electrons. The molecule has 0 atom stereocenters. The van der Waals surface area contributed by atoms with Crippen molar-refractivity contribution >= 4 is 36.1 Å². The molecule has 4 rings (SSSR count). The van der Waals surface area contributed by atoms with Gasteiger partial charge in [0.05, 0.1) is 16.2 Å².